The fourth-order valence-corrected chi connectivity index (χ4v) is 3.74. The molecule has 0 saturated heterocycles. The van der Waals surface area contributed by atoms with Crippen LogP contribution in [0.5, 0.6) is 5.75 Å². The largest absolute Gasteiger partial charge is 0.489 e. The summed E-state index contributed by atoms with van der Waals surface area (Å²) < 4.78 is 10.9. The van der Waals surface area contributed by atoms with Crippen molar-refractivity contribution in [1.29, 1.82) is 0 Å². The van der Waals surface area contributed by atoms with Crippen molar-refractivity contribution in [1.82, 2.24) is 9.97 Å². The Balaban J connectivity index is 1.53. The van der Waals surface area contributed by atoms with Gasteiger partial charge in [-0.2, -0.15) is 0 Å². The van der Waals surface area contributed by atoms with Crippen molar-refractivity contribution in [2.45, 2.75) is 25.7 Å². The van der Waals surface area contributed by atoms with Crippen molar-refractivity contribution in [2.24, 2.45) is 0 Å². The Kier molecular flexibility index (Phi) is 8.04. The van der Waals surface area contributed by atoms with E-state index in [0.29, 0.717) is 30.1 Å². The maximum absolute atomic E-state index is 12.5. The number of aliphatic hydroxyl groups excluding tert-OH is 1. The summed E-state index contributed by atoms with van der Waals surface area (Å²) in [6.07, 6.45) is 1.82. The number of nitrogens with one attached hydrogen (secondary N) is 1. The van der Waals surface area contributed by atoms with Gasteiger partial charge in [0.25, 0.3) is 0 Å². The van der Waals surface area contributed by atoms with E-state index in [4.69, 9.17) is 9.47 Å². The molecule has 0 bridgehead atoms. The van der Waals surface area contributed by atoms with Crippen LogP contribution in [0.2, 0.25) is 0 Å². The van der Waals surface area contributed by atoms with Gasteiger partial charge in [-0.15, -0.1) is 0 Å². The van der Waals surface area contributed by atoms with E-state index in [9.17, 15) is 9.90 Å². The first kappa shape index (κ1) is 23.9. The highest BCUT2D eigenvalue weighted by Gasteiger charge is 2.23. The van der Waals surface area contributed by atoms with E-state index in [-0.39, 0.29) is 6.61 Å². The van der Waals surface area contributed by atoms with Gasteiger partial charge in [-0.1, -0.05) is 60.7 Å². The Bertz CT molecular complexity index is 1230. The lowest BCUT2D eigenvalue weighted by Gasteiger charge is -2.20. The number of carbonyl (C=O) groups is 1. The van der Waals surface area contributed by atoms with Crippen molar-refractivity contribution < 1.29 is 19.4 Å². The Morgan fingerprint density at radius 2 is 1.57 bits per heavy atom. The molecule has 0 fully saturated rings. The van der Waals surface area contributed by atoms with Crippen molar-refractivity contribution in [3.63, 3.8) is 0 Å². The molecular weight excluding hydrogens is 442 g/mol. The van der Waals surface area contributed by atoms with E-state index in [1.807, 2.05) is 84.9 Å². The second-order valence-electron chi connectivity index (χ2n) is 7.92. The topological polar surface area (TPSA) is 93.6 Å². The van der Waals surface area contributed by atoms with Crippen LogP contribution in [-0.4, -0.2) is 34.2 Å². The summed E-state index contributed by atoms with van der Waals surface area (Å²) >= 11 is 0. The number of aromatic nitrogens is 2. The zero-order valence-electron chi connectivity index (χ0n) is 19.4. The fourth-order valence-electron chi connectivity index (χ4n) is 3.74. The van der Waals surface area contributed by atoms with Crippen LogP contribution < -0.4 is 10.1 Å². The summed E-state index contributed by atoms with van der Waals surface area (Å²) in [5, 5.41) is 13.3. The molecule has 178 valence electrons. The molecule has 0 radical (unpaired) electrons. The fraction of sp³-hybridized carbons (Fsp3) is 0.179. The van der Waals surface area contributed by atoms with E-state index < -0.39 is 12.0 Å². The first-order valence-electron chi connectivity index (χ1n) is 11.3. The molecule has 2 N–H and O–H groups in total. The second kappa shape index (κ2) is 11.8. The third-order valence-corrected chi connectivity index (χ3v) is 5.56. The lowest BCUT2D eigenvalue weighted by Crippen LogP contribution is -2.33. The number of aliphatic hydroxyl groups is 1. The summed E-state index contributed by atoms with van der Waals surface area (Å²) in [4.78, 5) is 21.2. The van der Waals surface area contributed by atoms with Crippen LogP contribution in [0.1, 0.15) is 16.7 Å². The van der Waals surface area contributed by atoms with E-state index in [0.717, 1.165) is 22.4 Å². The predicted octanol–water partition coefficient (Wildman–Crippen LogP) is 4.41. The van der Waals surface area contributed by atoms with Gasteiger partial charge in [-0.05, 0) is 35.4 Å². The molecule has 7 nitrogen and oxygen atoms in total. The molecule has 4 aromatic rings. The summed E-state index contributed by atoms with van der Waals surface area (Å²) in [6, 6.07) is 26.4. The van der Waals surface area contributed by atoms with Crippen LogP contribution in [0.25, 0.3) is 11.3 Å². The van der Waals surface area contributed by atoms with Crippen LogP contribution in [0.4, 0.5) is 5.82 Å². The molecule has 0 amide bonds. The van der Waals surface area contributed by atoms with Crippen LogP contribution in [0, 0.1) is 0 Å². The van der Waals surface area contributed by atoms with Crippen molar-refractivity contribution >= 4 is 11.8 Å². The number of hydrogen-bond acceptors (Lipinski definition) is 7. The molecule has 0 aliphatic heterocycles. The molecule has 1 heterocycles. The SMILES string of the molecule is COC(=O)C(Cc1ccccc1)Nc1ncnc(-c2ccc(OCc3ccccc3)cc2)c1CO. The number of nitrogens with zero attached hydrogens (tertiary/aromatic N) is 2. The van der Waals surface area contributed by atoms with E-state index in [1.165, 1.54) is 13.4 Å². The molecule has 1 atom stereocenters. The van der Waals surface area contributed by atoms with Crippen molar-refractivity contribution in [3.8, 4) is 17.0 Å². The summed E-state index contributed by atoms with van der Waals surface area (Å²) in [5.74, 6) is 0.690. The van der Waals surface area contributed by atoms with Crippen LogP contribution in [-0.2, 0) is 29.2 Å². The molecule has 0 saturated carbocycles. The van der Waals surface area contributed by atoms with E-state index in [1.54, 1.807) is 0 Å². The Morgan fingerprint density at radius 1 is 0.914 bits per heavy atom. The van der Waals surface area contributed by atoms with Gasteiger partial charge in [-0.25, -0.2) is 14.8 Å². The van der Waals surface area contributed by atoms with Crippen LogP contribution in [0.3, 0.4) is 0 Å². The lowest BCUT2D eigenvalue weighted by atomic mass is 10.0. The number of esters is 1. The average Bonchev–Trinajstić information content (AvgIpc) is 2.92. The number of benzene rings is 3. The summed E-state index contributed by atoms with van der Waals surface area (Å²) in [5.41, 5.74) is 3.92. The van der Waals surface area contributed by atoms with Crippen LogP contribution >= 0.6 is 0 Å². The molecule has 0 aliphatic carbocycles. The molecule has 4 rings (SSSR count). The van der Waals surface area contributed by atoms with Gasteiger partial charge in [0, 0.05) is 17.5 Å². The molecule has 1 unspecified atom stereocenters. The van der Waals surface area contributed by atoms with Gasteiger partial charge in [0.1, 0.15) is 30.5 Å². The van der Waals surface area contributed by atoms with E-state index >= 15 is 0 Å². The smallest absolute Gasteiger partial charge is 0.328 e. The Morgan fingerprint density at radius 3 is 2.20 bits per heavy atom. The predicted molar refractivity (Wildman–Crippen MR) is 134 cm³/mol. The maximum Gasteiger partial charge on any atom is 0.328 e. The monoisotopic (exact) mass is 469 g/mol. The average molecular weight is 470 g/mol. The molecule has 7 heteroatoms. The van der Waals surface area contributed by atoms with Crippen LogP contribution in [0.15, 0.2) is 91.3 Å². The number of hydrogen-bond donors (Lipinski definition) is 2. The molecule has 1 aromatic heterocycles. The van der Waals surface area contributed by atoms with Gasteiger partial charge < -0.3 is 19.9 Å². The van der Waals surface area contributed by atoms with Gasteiger partial charge in [0.15, 0.2) is 0 Å². The zero-order valence-corrected chi connectivity index (χ0v) is 19.4. The standard InChI is InChI=1S/C28H27N3O4/c1-34-28(33)25(16-20-8-4-2-5-9-20)31-27-24(17-32)26(29-19-30-27)22-12-14-23(15-13-22)35-18-21-10-6-3-7-11-21/h2-15,19,25,32H,16-18H2,1H3,(H,29,30,31). The molecule has 3 aromatic carbocycles. The van der Waals surface area contributed by atoms with Crippen molar-refractivity contribution in [3.05, 3.63) is 108 Å². The van der Waals surface area contributed by atoms with Gasteiger partial charge >= 0.3 is 5.97 Å². The highest BCUT2D eigenvalue weighted by atomic mass is 16.5. The lowest BCUT2D eigenvalue weighted by molar-refractivity contribution is -0.141. The third kappa shape index (κ3) is 6.22. The normalized spacial score (nSPS) is 11.5. The Labute approximate surface area is 204 Å². The first-order chi connectivity index (χ1) is 17.2. The summed E-state index contributed by atoms with van der Waals surface area (Å²) in [7, 11) is 1.35. The number of methoxy groups -OCH3 is 1. The second-order valence-corrected chi connectivity index (χ2v) is 7.92. The number of anilines is 1. The molecule has 35 heavy (non-hydrogen) atoms. The van der Waals surface area contributed by atoms with Crippen molar-refractivity contribution in [2.75, 3.05) is 12.4 Å². The highest BCUT2D eigenvalue weighted by molar-refractivity contribution is 5.80. The number of carbonyl (C=O) groups excluding carboxylic acids is 1. The van der Waals surface area contributed by atoms with E-state index in [2.05, 4.69) is 15.3 Å². The molecular formula is C28H27N3O4. The molecule has 0 spiro atoms. The van der Waals surface area contributed by atoms with Gasteiger partial charge in [0.2, 0.25) is 0 Å². The quantitative estimate of drug-likeness (QED) is 0.332. The Hall–Kier alpha value is -4.23. The minimum absolute atomic E-state index is 0.302. The zero-order chi connectivity index (χ0) is 24.5. The minimum atomic E-state index is -0.677. The highest BCUT2D eigenvalue weighted by Crippen LogP contribution is 2.28. The third-order valence-electron chi connectivity index (χ3n) is 5.56. The minimum Gasteiger partial charge on any atom is -0.489 e. The first-order valence-corrected chi connectivity index (χ1v) is 11.3. The summed E-state index contributed by atoms with van der Waals surface area (Å²) in [6.45, 7) is 0.171. The molecule has 0 aliphatic rings. The van der Waals surface area contributed by atoms with Gasteiger partial charge in [0.05, 0.1) is 19.4 Å². The van der Waals surface area contributed by atoms with Gasteiger partial charge in [-0.3, -0.25) is 0 Å². The maximum atomic E-state index is 12.5. The number of rotatable bonds is 10. The number of ether oxygens (including phenoxy) is 2.